The highest BCUT2D eigenvalue weighted by atomic mass is 79.9. The molecule has 94 valence electrons. The van der Waals surface area contributed by atoms with Crippen LogP contribution in [0.1, 0.15) is 19.3 Å². The van der Waals surface area contributed by atoms with E-state index < -0.39 is 16.1 Å². The fraction of sp³-hybridized carbons (Fsp3) is 0.500. The molecule has 1 aliphatic heterocycles. The van der Waals surface area contributed by atoms with Crippen molar-refractivity contribution in [1.82, 2.24) is 4.31 Å². The van der Waals surface area contributed by atoms with Gasteiger partial charge in [0.1, 0.15) is 10.5 Å². The zero-order valence-electron chi connectivity index (χ0n) is 9.00. The Morgan fingerprint density at radius 3 is 2.76 bits per heavy atom. The molecule has 0 bridgehead atoms. The van der Waals surface area contributed by atoms with Gasteiger partial charge < -0.3 is 4.79 Å². The zero-order chi connectivity index (χ0) is 12.5. The van der Waals surface area contributed by atoms with Crippen LogP contribution in [0.25, 0.3) is 0 Å². The van der Waals surface area contributed by atoms with Crippen molar-refractivity contribution < 1.29 is 13.2 Å². The lowest BCUT2D eigenvalue weighted by Gasteiger charge is -2.30. The van der Waals surface area contributed by atoms with Crippen LogP contribution in [0, 0.1) is 0 Å². The summed E-state index contributed by atoms with van der Waals surface area (Å²) in [5.74, 6) is 0. The summed E-state index contributed by atoms with van der Waals surface area (Å²) in [5.41, 5.74) is 0. The van der Waals surface area contributed by atoms with E-state index in [1.54, 1.807) is 12.1 Å². The molecule has 0 aliphatic carbocycles. The summed E-state index contributed by atoms with van der Waals surface area (Å²) in [7, 11) is -3.51. The van der Waals surface area contributed by atoms with Gasteiger partial charge in [-0.3, -0.25) is 0 Å². The maximum Gasteiger partial charge on any atom is 0.253 e. The number of aldehydes is 1. The minimum atomic E-state index is -3.51. The van der Waals surface area contributed by atoms with Crippen LogP contribution >= 0.6 is 27.3 Å². The molecule has 0 spiro atoms. The number of nitrogens with zero attached hydrogens (tertiary/aromatic N) is 1. The van der Waals surface area contributed by atoms with Gasteiger partial charge in [0, 0.05) is 6.54 Å². The van der Waals surface area contributed by atoms with Gasteiger partial charge in [0.15, 0.2) is 0 Å². The Morgan fingerprint density at radius 1 is 1.41 bits per heavy atom. The maximum atomic E-state index is 12.3. The van der Waals surface area contributed by atoms with E-state index in [9.17, 15) is 13.2 Å². The van der Waals surface area contributed by atoms with Gasteiger partial charge in [-0.05, 0) is 40.9 Å². The molecule has 0 saturated carbocycles. The zero-order valence-corrected chi connectivity index (χ0v) is 12.2. The molecule has 1 saturated heterocycles. The molecule has 1 aliphatic rings. The number of sulfonamides is 1. The molecule has 1 aromatic heterocycles. The monoisotopic (exact) mass is 337 g/mol. The number of thiophene rings is 1. The average molecular weight is 338 g/mol. The number of rotatable bonds is 3. The van der Waals surface area contributed by atoms with Crippen LogP contribution in [0.5, 0.6) is 0 Å². The highest BCUT2D eigenvalue weighted by Crippen LogP contribution is 2.31. The average Bonchev–Trinajstić information content (AvgIpc) is 2.76. The van der Waals surface area contributed by atoms with Crippen molar-refractivity contribution in [2.45, 2.75) is 29.5 Å². The molecule has 0 aromatic carbocycles. The van der Waals surface area contributed by atoms with Crippen molar-refractivity contribution >= 4 is 43.6 Å². The molecule has 17 heavy (non-hydrogen) atoms. The first-order valence-electron chi connectivity index (χ1n) is 5.28. The number of hydrogen-bond donors (Lipinski definition) is 0. The van der Waals surface area contributed by atoms with Crippen molar-refractivity contribution in [3.05, 3.63) is 15.9 Å². The summed E-state index contributed by atoms with van der Waals surface area (Å²) in [6.07, 6.45) is 3.08. The Kier molecular flexibility index (Phi) is 4.02. The van der Waals surface area contributed by atoms with Gasteiger partial charge in [0.25, 0.3) is 10.0 Å². The van der Waals surface area contributed by atoms with Crippen LogP contribution in [0.3, 0.4) is 0 Å². The second kappa shape index (κ2) is 5.17. The third-order valence-electron chi connectivity index (χ3n) is 2.77. The summed E-state index contributed by atoms with van der Waals surface area (Å²) in [6.45, 7) is 0.432. The fourth-order valence-corrected chi connectivity index (χ4v) is 5.69. The molecular weight excluding hydrogens is 326 g/mol. The molecule has 0 N–H and O–H groups in total. The fourth-order valence-electron chi connectivity index (χ4n) is 1.92. The van der Waals surface area contributed by atoms with Gasteiger partial charge in [-0.2, -0.15) is 4.31 Å². The van der Waals surface area contributed by atoms with Gasteiger partial charge in [-0.25, -0.2) is 8.42 Å². The Bertz CT molecular complexity index is 511. The summed E-state index contributed by atoms with van der Waals surface area (Å²) < 4.78 is 27.0. The van der Waals surface area contributed by atoms with Crippen LogP contribution < -0.4 is 0 Å². The van der Waals surface area contributed by atoms with Gasteiger partial charge >= 0.3 is 0 Å². The molecule has 2 rings (SSSR count). The largest absolute Gasteiger partial charge is 0.302 e. The predicted octanol–water partition coefficient (Wildman–Crippen LogP) is 2.25. The first kappa shape index (κ1) is 13.2. The number of piperidine rings is 1. The summed E-state index contributed by atoms with van der Waals surface area (Å²) in [6, 6.07) is 2.77. The SMILES string of the molecule is O=CC1CCCCN1S(=O)(=O)c1ccc(Br)s1. The Balaban J connectivity index is 2.34. The van der Waals surface area contributed by atoms with E-state index >= 15 is 0 Å². The predicted molar refractivity (Wildman–Crippen MR) is 69.6 cm³/mol. The molecule has 1 aromatic rings. The third-order valence-corrected chi connectivity index (χ3v) is 6.78. The quantitative estimate of drug-likeness (QED) is 0.795. The smallest absolute Gasteiger partial charge is 0.253 e. The first-order chi connectivity index (χ1) is 8.05. The number of carbonyl (C=O) groups is 1. The Morgan fingerprint density at radius 2 is 2.18 bits per heavy atom. The summed E-state index contributed by atoms with van der Waals surface area (Å²) >= 11 is 4.42. The highest BCUT2D eigenvalue weighted by Gasteiger charge is 2.34. The highest BCUT2D eigenvalue weighted by molar-refractivity contribution is 9.11. The van der Waals surface area contributed by atoms with E-state index in [1.165, 1.54) is 15.6 Å². The molecule has 1 atom stereocenters. The van der Waals surface area contributed by atoms with E-state index in [4.69, 9.17) is 0 Å². The van der Waals surface area contributed by atoms with Crippen molar-refractivity contribution in [2.24, 2.45) is 0 Å². The van der Waals surface area contributed by atoms with Crippen LogP contribution in [-0.2, 0) is 14.8 Å². The van der Waals surface area contributed by atoms with Crippen LogP contribution in [-0.4, -0.2) is 31.6 Å². The second-order valence-corrected chi connectivity index (χ2v) is 8.45. The van der Waals surface area contributed by atoms with Gasteiger partial charge in [0.2, 0.25) is 0 Å². The van der Waals surface area contributed by atoms with Crippen molar-refractivity contribution in [3.8, 4) is 0 Å². The van der Waals surface area contributed by atoms with E-state index in [-0.39, 0.29) is 4.21 Å². The normalized spacial score (nSPS) is 22.5. The second-order valence-electron chi connectivity index (χ2n) is 3.87. The minimum absolute atomic E-state index is 0.290. The van der Waals surface area contributed by atoms with Crippen molar-refractivity contribution in [1.29, 1.82) is 0 Å². The van der Waals surface area contributed by atoms with Crippen LogP contribution in [0.2, 0.25) is 0 Å². The Hall–Kier alpha value is -0.240. The topological polar surface area (TPSA) is 54.5 Å². The van der Waals surface area contributed by atoms with E-state index in [1.807, 2.05) is 0 Å². The third kappa shape index (κ3) is 2.62. The lowest BCUT2D eigenvalue weighted by atomic mass is 10.1. The van der Waals surface area contributed by atoms with Gasteiger partial charge in [-0.1, -0.05) is 6.42 Å². The van der Waals surface area contributed by atoms with E-state index in [0.29, 0.717) is 13.0 Å². The molecule has 1 fully saturated rings. The number of halogens is 1. The molecule has 1 unspecified atom stereocenters. The maximum absolute atomic E-state index is 12.3. The number of carbonyl (C=O) groups excluding carboxylic acids is 1. The molecule has 0 radical (unpaired) electrons. The first-order valence-corrected chi connectivity index (χ1v) is 8.33. The molecule has 4 nitrogen and oxygen atoms in total. The molecule has 0 amide bonds. The summed E-state index contributed by atoms with van der Waals surface area (Å²) in [5, 5.41) is 0. The van der Waals surface area contributed by atoms with Crippen LogP contribution in [0.15, 0.2) is 20.1 Å². The number of hydrogen-bond acceptors (Lipinski definition) is 4. The van der Waals surface area contributed by atoms with Gasteiger partial charge in [0.05, 0.1) is 9.83 Å². The van der Waals surface area contributed by atoms with Crippen molar-refractivity contribution in [2.75, 3.05) is 6.54 Å². The molecular formula is C10H12BrNO3S2. The lowest BCUT2D eigenvalue weighted by Crippen LogP contribution is -2.44. The summed E-state index contributed by atoms with van der Waals surface area (Å²) in [4.78, 5) is 10.9. The van der Waals surface area contributed by atoms with Crippen LogP contribution in [0.4, 0.5) is 0 Å². The minimum Gasteiger partial charge on any atom is -0.302 e. The molecule has 2 heterocycles. The standard InChI is InChI=1S/C10H12BrNO3S2/c11-9-4-5-10(16-9)17(14,15)12-6-2-1-3-8(12)7-13/h4-5,7-8H,1-3,6H2. The van der Waals surface area contributed by atoms with Gasteiger partial charge in [-0.15, -0.1) is 11.3 Å². The van der Waals surface area contributed by atoms with E-state index in [2.05, 4.69) is 15.9 Å². The van der Waals surface area contributed by atoms with Crippen molar-refractivity contribution in [3.63, 3.8) is 0 Å². The van der Waals surface area contributed by atoms with E-state index in [0.717, 1.165) is 22.9 Å². The molecule has 7 heteroatoms. The lowest BCUT2D eigenvalue weighted by molar-refractivity contribution is -0.111. The Labute approximate surface area is 113 Å².